The van der Waals surface area contributed by atoms with Gasteiger partial charge in [-0.3, -0.25) is 4.79 Å². The lowest BCUT2D eigenvalue weighted by Gasteiger charge is -2.11. The van der Waals surface area contributed by atoms with Gasteiger partial charge in [0.05, 0.1) is 12.6 Å². The molecule has 0 aliphatic carbocycles. The summed E-state index contributed by atoms with van der Waals surface area (Å²) in [7, 11) is 1.70. The summed E-state index contributed by atoms with van der Waals surface area (Å²) >= 11 is 0. The standard InChI is InChI=1S/C13H24N6O2/c1-8(2)6-15-10(20)7-16-12-17-11(14-5)18-13(19-12)21-9(3)4/h8-9H,6-7H2,1-5H3,(H,15,20)(H2,14,16,17,18,19). The van der Waals surface area contributed by atoms with Crippen molar-refractivity contribution in [3.05, 3.63) is 0 Å². The van der Waals surface area contributed by atoms with Gasteiger partial charge < -0.3 is 20.7 Å². The van der Waals surface area contributed by atoms with Gasteiger partial charge in [0.15, 0.2) is 0 Å². The number of carbonyl (C=O) groups excluding carboxylic acids is 1. The maximum atomic E-state index is 11.6. The molecule has 0 spiro atoms. The number of carbonyl (C=O) groups is 1. The summed E-state index contributed by atoms with van der Waals surface area (Å²) in [6.07, 6.45) is -0.0423. The maximum absolute atomic E-state index is 11.6. The summed E-state index contributed by atoms with van der Waals surface area (Å²) in [5, 5.41) is 8.50. The van der Waals surface area contributed by atoms with Crippen molar-refractivity contribution in [2.75, 3.05) is 30.8 Å². The smallest absolute Gasteiger partial charge is 0.323 e. The van der Waals surface area contributed by atoms with E-state index in [1.54, 1.807) is 7.05 Å². The monoisotopic (exact) mass is 296 g/mol. The van der Waals surface area contributed by atoms with E-state index in [0.29, 0.717) is 24.4 Å². The van der Waals surface area contributed by atoms with Gasteiger partial charge in [-0.25, -0.2) is 0 Å². The third-order valence-corrected chi connectivity index (χ3v) is 2.29. The summed E-state index contributed by atoms with van der Waals surface area (Å²) in [6.45, 7) is 8.58. The van der Waals surface area contributed by atoms with Crippen LogP contribution in [0.2, 0.25) is 0 Å². The Morgan fingerprint density at radius 3 is 2.38 bits per heavy atom. The number of aromatic nitrogens is 3. The topological polar surface area (TPSA) is 101 Å². The van der Waals surface area contributed by atoms with E-state index in [-0.39, 0.29) is 24.6 Å². The number of amides is 1. The zero-order chi connectivity index (χ0) is 15.8. The largest absolute Gasteiger partial charge is 0.461 e. The molecule has 8 heteroatoms. The van der Waals surface area contributed by atoms with E-state index in [0.717, 1.165) is 0 Å². The van der Waals surface area contributed by atoms with Crippen molar-refractivity contribution < 1.29 is 9.53 Å². The highest BCUT2D eigenvalue weighted by molar-refractivity contribution is 5.80. The van der Waals surface area contributed by atoms with Crippen LogP contribution in [0.15, 0.2) is 0 Å². The number of ether oxygens (including phenoxy) is 1. The van der Waals surface area contributed by atoms with Gasteiger partial charge in [-0.2, -0.15) is 15.0 Å². The van der Waals surface area contributed by atoms with Gasteiger partial charge in [0.2, 0.25) is 17.8 Å². The minimum Gasteiger partial charge on any atom is -0.461 e. The first-order valence-corrected chi connectivity index (χ1v) is 7.01. The molecule has 0 aromatic carbocycles. The first kappa shape index (κ1) is 16.9. The van der Waals surface area contributed by atoms with Crippen LogP contribution in [0, 0.1) is 5.92 Å². The van der Waals surface area contributed by atoms with Gasteiger partial charge in [0, 0.05) is 13.6 Å². The fraction of sp³-hybridized carbons (Fsp3) is 0.692. The predicted octanol–water partition coefficient (Wildman–Crippen LogP) is 0.885. The van der Waals surface area contributed by atoms with E-state index >= 15 is 0 Å². The van der Waals surface area contributed by atoms with E-state index < -0.39 is 0 Å². The molecule has 0 fully saturated rings. The molecule has 0 unspecified atom stereocenters. The molecule has 1 aromatic rings. The van der Waals surface area contributed by atoms with E-state index in [1.807, 2.05) is 27.7 Å². The van der Waals surface area contributed by atoms with Gasteiger partial charge in [-0.05, 0) is 19.8 Å². The van der Waals surface area contributed by atoms with Crippen LogP contribution >= 0.6 is 0 Å². The zero-order valence-electron chi connectivity index (χ0n) is 13.2. The molecule has 0 atom stereocenters. The van der Waals surface area contributed by atoms with Crippen molar-refractivity contribution in [2.45, 2.75) is 33.8 Å². The second-order valence-corrected chi connectivity index (χ2v) is 5.23. The normalized spacial score (nSPS) is 10.6. The molecular formula is C13H24N6O2. The second kappa shape index (κ2) is 8.23. The predicted molar refractivity (Wildman–Crippen MR) is 81.5 cm³/mol. The van der Waals surface area contributed by atoms with Crippen LogP contribution in [0.5, 0.6) is 6.01 Å². The van der Waals surface area contributed by atoms with Crippen LogP contribution in [0.3, 0.4) is 0 Å². The minimum atomic E-state index is -0.110. The van der Waals surface area contributed by atoms with Crippen LogP contribution in [-0.4, -0.2) is 47.1 Å². The highest BCUT2D eigenvalue weighted by Crippen LogP contribution is 2.11. The van der Waals surface area contributed by atoms with Crippen LogP contribution in [0.25, 0.3) is 0 Å². The van der Waals surface area contributed by atoms with Crippen LogP contribution in [-0.2, 0) is 4.79 Å². The Balaban J connectivity index is 2.63. The summed E-state index contributed by atoms with van der Waals surface area (Å²) < 4.78 is 5.44. The van der Waals surface area contributed by atoms with Gasteiger partial charge in [0.1, 0.15) is 0 Å². The number of rotatable bonds is 8. The molecule has 1 rings (SSSR count). The summed E-state index contributed by atoms with van der Waals surface area (Å²) in [5.74, 6) is 0.977. The van der Waals surface area contributed by atoms with Crippen molar-refractivity contribution in [3.8, 4) is 6.01 Å². The quantitative estimate of drug-likeness (QED) is 0.654. The Morgan fingerprint density at radius 1 is 1.14 bits per heavy atom. The molecule has 1 amide bonds. The highest BCUT2D eigenvalue weighted by Gasteiger charge is 2.09. The van der Waals surface area contributed by atoms with Crippen molar-refractivity contribution >= 4 is 17.8 Å². The minimum absolute atomic E-state index is 0.0423. The van der Waals surface area contributed by atoms with Crippen LogP contribution < -0.4 is 20.7 Å². The lowest BCUT2D eigenvalue weighted by Crippen LogP contribution is -2.32. The Morgan fingerprint density at radius 2 is 1.81 bits per heavy atom. The number of hydrogen-bond donors (Lipinski definition) is 3. The molecule has 21 heavy (non-hydrogen) atoms. The Kier molecular flexibility index (Phi) is 6.64. The molecule has 1 aromatic heterocycles. The Bertz CT molecular complexity index is 464. The molecule has 0 aliphatic heterocycles. The third-order valence-electron chi connectivity index (χ3n) is 2.29. The average Bonchev–Trinajstić information content (AvgIpc) is 2.41. The molecule has 0 bridgehead atoms. The van der Waals surface area contributed by atoms with E-state index in [2.05, 4.69) is 30.9 Å². The summed E-state index contributed by atoms with van der Waals surface area (Å²) in [5.41, 5.74) is 0. The molecule has 8 nitrogen and oxygen atoms in total. The highest BCUT2D eigenvalue weighted by atomic mass is 16.5. The average molecular weight is 296 g/mol. The van der Waals surface area contributed by atoms with E-state index in [9.17, 15) is 4.79 Å². The molecule has 118 valence electrons. The third kappa shape index (κ3) is 6.73. The zero-order valence-corrected chi connectivity index (χ0v) is 13.2. The molecule has 0 aliphatic rings. The number of anilines is 2. The van der Waals surface area contributed by atoms with Gasteiger partial charge >= 0.3 is 6.01 Å². The lowest BCUT2D eigenvalue weighted by molar-refractivity contribution is -0.119. The Hall–Kier alpha value is -2.12. The van der Waals surface area contributed by atoms with Crippen molar-refractivity contribution in [1.82, 2.24) is 20.3 Å². The van der Waals surface area contributed by atoms with E-state index in [4.69, 9.17) is 4.74 Å². The second-order valence-electron chi connectivity index (χ2n) is 5.23. The molecule has 0 radical (unpaired) electrons. The molecule has 1 heterocycles. The summed E-state index contributed by atoms with van der Waals surface area (Å²) in [6, 6.07) is 0.217. The van der Waals surface area contributed by atoms with Gasteiger partial charge in [-0.15, -0.1) is 0 Å². The number of nitrogens with one attached hydrogen (secondary N) is 3. The molecule has 3 N–H and O–H groups in total. The first-order chi connectivity index (χ1) is 9.90. The van der Waals surface area contributed by atoms with Crippen molar-refractivity contribution in [1.29, 1.82) is 0 Å². The maximum Gasteiger partial charge on any atom is 0.323 e. The molecular weight excluding hydrogens is 272 g/mol. The lowest BCUT2D eigenvalue weighted by atomic mass is 10.2. The number of hydrogen-bond acceptors (Lipinski definition) is 7. The number of nitrogens with zero attached hydrogens (tertiary/aromatic N) is 3. The molecule has 0 saturated carbocycles. The van der Waals surface area contributed by atoms with Gasteiger partial charge in [-0.1, -0.05) is 13.8 Å². The van der Waals surface area contributed by atoms with E-state index in [1.165, 1.54) is 0 Å². The Labute approximate surface area is 125 Å². The first-order valence-electron chi connectivity index (χ1n) is 7.01. The summed E-state index contributed by atoms with van der Waals surface area (Å²) in [4.78, 5) is 24.0. The van der Waals surface area contributed by atoms with Crippen molar-refractivity contribution in [3.63, 3.8) is 0 Å². The van der Waals surface area contributed by atoms with Crippen LogP contribution in [0.1, 0.15) is 27.7 Å². The fourth-order valence-corrected chi connectivity index (χ4v) is 1.35. The van der Waals surface area contributed by atoms with Crippen LogP contribution in [0.4, 0.5) is 11.9 Å². The van der Waals surface area contributed by atoms with Crippen molar-refractivity contribution in [2.24, 2.45) is 5.92 Å². The fourth-order valence-electron chi connectivity index (χ4n) is 1.35. The SMILES string of the molecule is CNc1nc(NCC(=O)NCC(C)C)nc(OC(C)C)n1. The van der Waals surface area contributed by atoms with Gasteiger partial charge in [0.25, 0.3) is 0 Å². The molecule has 0 saturated heterocycles.